The fourth-order valence-electron chi connectivity index (χ4n) is 2.34. The molecule has 1 fully saturated rings. The quantitative estimate of drug-likeness (QED) is 0.710. The number of amides is 1. The van der Waals surface area contributed by atoms with Crippen LogP contribution in [0.2, 0.25) is 10.8 Å². The van der Waals surface area contributed by atoms with Gasteiger partial charge in [-0.2, -0.15) is 0 Å². The summed E-state index contributed by atoms with van der Waals surface area (Å²) in [5.41, 5.74) is 0.556. The highest BCUT2D eigenvalue weighted by atomic mass is 35.5. The minimum atomic E-state index is 0.0155. The third-order valence-corrected chi connectivity index (χ3v) is 3.57. The number of halogens is 1. The minimum absolute atomic E-state index is 0.0155. The normalized spacial score (nSPS) is 14.9. The van der Waals surface area contributed by atoms with Crippen molar-refractivity contribution in [3.05, 3.63) is 28.8 Å². The fourth-order valence-corrected chi connectivity index (χ4v) is 2.52. The van der Waals surface area contributed by atoms with Crippen molar-refractivity contribution in [2.45, 2.75) is 5.82 Å². The number of ether oxygens (including phenoxy) is 1. The van der Waals surface area contributed by atoms with Crippen molar-refractivity contribution in [3.63, 3.8) is 0 Å². The van der Waals surface area contributed by atoms with E-state index in [-0.39, 0.29) is 5.91 Å². The second-order valence-corrected chi connectivity index (χ2v) is 5.15. The van der Waals surface area contributed by atoms with Gasteiger partial charge in [-0.3, -0.25) is 4.79 Å². The zero-order valence-electron chi connectivity index (χ0n) is 10.8. The molecule has 1 saturated heterocycles. The van der Waals surface area contributed by atoms with Gasteiger partial charge in [0, 0.05) is 18.1 Å². The molecular formula is C11H15B3ClNO2. The monoisotopic (exact) mass is 261 g/mol. The zero-order chi connectivity index (χ0) is 13.1. The van der Waals surface area contributed by atoms with Crippen LogP contribution in [0, 0.1) is 0 Å². The van der Waals surface area contributed by atoms with Gasteiger partial charge in [-0.05, 0) is 24.0 Å². The molecule has 0 atom stereocenters. The number of hydrogen-bond donors (Lipinski definition) is 0. The lowest BCUT2D eigenvalue weighted by Gasteiger charge is -2.39. The predicted octanol–water partition coefficient (Wildman–Crippen LogP) is -0.0710. The number of carbonyl (C=O) groups excluding carboxylic acids is 1. The van der Waals surface area contributed by atoms with Gasteiger partial charge < -0.3 is 9.64 Å². The first-order valence-electron chi connectivity index (χ1n) is 6.28. The molecule has 92 valence electrons. The van der Waals surface area contributed by atoms with Gasteiger partial charge in [0.2, 0.25) is 0 Å². The SMILES string of the molecule is BBBC1CN(C(=O)c2cc(Cl)ccc2OC)C1. The summed E-state index contributed by atoms with van der Waals surface area (Å²) in [4.78, 5) is 14.2. The average Bonchev–Trinajstić information content (AvgIpc) is 2.32. The third-order valence-electron chi connectivity index (χ3n) is 3.33. The van der Waals surface area contributed by atoms with Gasteiger partial charge in [0.1, 0.15) is 5.75 Å². The lowest BCUT2D eigenvalue weighted by atomic mass is 9.23. The zero-order valence-corrected chi connectivity index (χ0v) is 11.5. The largest absolute Gasteiger partial charge is 0.496 e. The van der Waals surface area contributed by atoms with Crippen LogP contribution >= 0.6 is 11.6 Å². The fraction of sp³-hybridized carbons (Fsp3) is 0.364. The minimum Gasteiger partial charge on any atom is -0.496 e. The molecule has 0 aliphatic carbocycles. The predicted molar refractivity (Wildman–Crippen MR) is 80.5 cm³/mol. The van der Waals surface area contributed by atoms with Gasteiger partial charge in [-0.1, -0.05) is 11.6 Å². The summed E-state index contributed by atoms with van der Waals surface area (Å²) in [5.74, 6) is 1.26. The number of rotatable bonds is 4. The van der Waals surface area contributed by atoms with E-state index in [9.17, 15) is 4.79 Å². The van der Waals surface area contributed by atoms with Gasteiger partial charge in [0.15, 0.2) is 0 Å². The third kappa shape index (κ3) is 2.69. The van der Waals surface area contributed by atoms with Crippen molar-refractivity contribution in [1.29, 1.82) is 0 Å². The molecule has 18 heavy (non-hydrogen) atoms. The maximum Gasteiger partial charge on any atom is 0.257 e. The van der Waals surface area contributed by atoms with E-state index in [1.165, 1.54) is 14.2 Å². The van der Waals surface area contributed by atoms with E-state index in [2.05, 4.69) is 7.74 Å². The second kappa shape index (κ2) is 5.74. The Bertz CT molecular complexity index is 452. The topological polar surface area (TPSA) is 29.5 Å². The number of nitrogens with zero attached hydrogens (tertiary/aromatic N) is 1. The van der Waals surface area contributed by atoms with Crippen molar-refractivity contribution in [2.75, 3.05) is 20.2 Å². The molecule has 1 aromatic rings. The highest BCUT2D eigenvalue weighted by Crippen LogP contribution is 2.28. The van der Waals surface area contributed by atoms with E-state index in [0.29, 0.717) is 22.2 Å². The van der Waals surface area contributed by atoms with Crippen molar-refractivity contribution < 1.29 is 9.53 Å². The average molecular weight is 261 g/mol. The summed E-state index contributed by atoms with van der Waals surface area (Å²) in [6.07, 6.45) is 0. The highest BCUT2D eigenvalue weighted by Gasteiger charge is 2.31. The second-order valence-electron chi connectivity index (χ2n) is 4.71. The van der Waals surface area contributed by atoms with Crippen molar-refractivity contribution in [3.8, 4) is 5.75 Å². The molecule has 0 saturated carbocycles. The molecule has 7 heteroatoms. The molecule has 1 aliphatic rings. The molecule has 1 aliphatic heterocycles. The maximum atomic E-state index is 12.3. The first-order chi connectivity index (χ1) is 8.65. The lowest BCUT2D eigenvalue weighted by Crippen LogP contribution is -2.49. The Balaban J connectivity index is 2.08. The molecule has 1 amide bonds. The smallest absolute Gasteiger partial charge is 0.257 e. The van der Waals surface area contributed by atoms with Crippen LogP contribution in [0.15, 0.2) is 18.2 Å². The van der Waals surface area contributed by atoms with Gasteiger partial charge in [0.25, 0.3) is 5.91 Å². The van der Waals surface area contributed by atoms with E-state index in [0.717, 1.165) is 13.1 Å². The van der Waals surface area contributed by atoms with Crippen molar-refractivity contribution in [1.82, 2.24) is 4.90 Å². The molecule has 0 aromatic heterocycles. The summed E-state index contributed by atoms with van der Waals surface area (Å²) in [5, 5.41) is 0.560. The lowest BCUT2D eigenvalue weighted by molar-refractivity contribution is 0.0649. The number of benzene rings is 1. The summed E-state index contributed by atoms with van der Waals surface area (Å²) < 4.78 is 5.21. The first kappa shape index (κ1) is 13.4. The molecule has 0 spiro atoms. The van der Waals surface area contributed by atoms with Gasteiger partial charge in [-0.25, -0.2) is 0 Å². The van der Waals surface area contributed by atoms with Crippen LogP contribution in [-0.2, 0) is 0 Å². The Labute approximate surface area is 115 Å². The van der Waals surface area contributed by atoms with Crippen molar-refractivity contribution in [2.24, 2.45) is 0 Å². The highest BCUT2D eigenvalue weighted by molar-refractivity contribution is 7.24. The van der Waals surface area contributed by atoms with Crippen LogP contribution in [0.3, 0.4) is 0 Å². The number of hydrogen-bond acceptors (Lipinski definition) is 2. The molecule has 0 radical (unpaired) electrons. The molecule has 0 bridgehead atoms. The first-order valence-corrected chi connectivity index (χ1v) is 6.66. The summed E-state index contributed by atoms with van der Waals surface area (Å²) >= 11 is 5.94. The van der Waals surface area contributed by atoms with Crippen LogP contribution in [0.1, 0.15) is 10.4 Å². The Morgan fingerprint density at radius 1 is 1.56 bits per heavy atom. The van der Waals surface area contributed by atoms with E-state index < -0.39 is 0 Å². The Hall–Kier alpha value is -1.03. The Morgan fingerprint density at radius 3 is 2.89 bits per heavy atom. The molecule has 2 rings (SSSR count). The van der Waals surface area contributed by atoms with Crippen LogP contribution in [-0.4, -0.2) is 53.0 Å². The Kier molecular flexibility index (Phi) is 4.28. The molecule has 0 N–H and O–H groups in total. The molecule has 0 unspecified atom stereocenters. The van der Waals surface area contributed by atoms with E-state index in [4.69, 9.17) is 16.3 Å². The van der Waals surface area contributed by atoms with Gasteiger partial charge >= 0.3 is 0 Å². The summed E-state index contributed by atoms with van der Waals surface area (Å²) in [6.45, 7) is 1.70. The van der Waals surface area contributed by atoms with Gasteiger partial charge in [-0.15, -0.1) is 0 Å². The molecule has 1 aromatic carbocycles. The summed E-state index contributed by atoms with van der Waals surface area (Å²) in [7, 11) is 6.10. The Morgan fingerprint density at radius 2 is 2.28 bits per heavy atom. The number of carbonyl (C=O) groups is 1. The van der Waals surface area contributed by atoms with E-state index in [1.807, 2.05) is 4.90 Å². The van der Waals surface area contributed by atoms with Crippen LogP contribution < -0.4 is 4.74 Å². The van der Waals surface area contributed by atoms with E-state index in [1.54, 1.807) is 25.3 Å². The van der Waals surface area contributed by atoms with Crippen LogP contribution in [0.4, 0.5) is 0 Å². The van der Waals surface area contributed by atoms with E-state index >= 15 is 0 Å². The maximum absolute atomic E-state index is 12.3. The molecule has 3 nitrogen and oxygen atoms in total. The molecule has 1 heterocycles. The van der Waals surface area contributed by atoms with Gasteiger partial charge in [0.05, 0.1) is 34.6 Å². The molecular weight excluding hydrogens is 246 g/mol. The summed E-state index contributed by atoms with van der Waals surface area (Å²) in [6, 6.07) is 5.14. The van der Waals surface area contributed by atoms with Crippen LogP contribution in [0.5, 0.6) is 5.75 Å². The van der Waals surface area contributed by atoms with Crippen molar-refractivity contribution >= 4 is 39.5 Å². The van der Waals surface area contributed by atoms with Crippen LogP contribution in [0.25, 0.3) is 0 Å². The number of likely N-dealkylation sites (tertiary alicyclic amines) is 1. The number of methoxy groups -OCH3 is 1. The standard InChI is InChI=1S/C11H15B3ClNO2/c1-18-10-3-2-8(15)4-9(10)11(17)16-5-7(6-16)13-14-12/h2-4,7,13-14H,5-6,12H2,1H3.